The average molecular weight is 288 g/mol. The Labute approximate surface area is 122 Å². The highest BCUT2D eigenvalue weighted by atomic mass is 32.2. The molecule has 2 aromatic carbocycles. The van der Waals surface area contributed by atoms with E-state index in [1.807, 2.05) is 50.0 Å². The maximum absolute atomic E-state index is 13.9. The molecule has 2 aromatic rings. The Morgan fingerprint density at radius 1 is 1.00 bits per heavy atom. The van der Waals surface area contributed by atoms with Crippen molar-refractivity contribution in [3.63, 3.8) is 0 Å². The van der Waals surface area contributed by atoms with E-state index in [4.69, 9.17) is 0 Å². The standard InChI is InChI=1S/C16H18BFOS/c1-17(2)15-9-8-14(10-16(15)18)12-20(19)11-13-6-4-3-5-7-13/h3-10H,11-12H2,1-2H3. The van der Waals surface area contributed by atoms with Gasteiger partial charge in [0.1, 0.15) is 5.82 Å². The molecule has 0 aliphatic carbocycles. The predicted octanol–water partition coefficient (Wildman–Crippen LogP) is 3.24. The lowest BCUT2D eigenvalue weighted by Crippen LogP contribution is -2.26. The monoisotopic (exact) mass is 288 g/mol. The zero-order valence-electron chi connectivity index (χ0n) is 11.8. The lowest BCUT2D eigenvalue weighted by atomic mass is 9.49. The molecule has 1 nitrogen and oxygen atoms in total. The van der Waals surface area contributed by atoms with E-state index in [0.29, 0.717) is 17.0 Å². The molecule has 0 saturated heterocycles. The fraction of sp³-hybridized carbons (Fsp3) is 0.250. The van der Waals surface area contributed by atoms with E-state index in [9.17, 15) is 8.60 Å². The number of hydrogen-bond acceptors (Lipinski definition) is 1. The lowest BCUT2D eigenvalue weighted by Gasteiger charge is -2.07. The second kappa shape index (κ2) is 6.84. The molecular weight excluding hydrogens is 270 g/mol. The van der Waals surface area contributed by atoms with Gasteiger partial charge in [0, 0.05) is 22.3 Å². The molecule has 0 fully saturated rings. The Kier molecular flexibility index (Phi) is 5.13. The number of halogens is 1. The van der Waals surface area contributed by atoms with E-state index in [2.05, 4.69) is 0 Å². The fourth-order valence-corrected chi connectivity index (χ4v) is 3.34. The van der Waals surface area contributed by atoms with Crippen LogP contribution in [0.4, 0.5) is 4.39 Å². The van der Waals surface area contributed by atoms with Crippen LogP contribution in [0, 0.1) is 5.82 Å². The molecule has 0 bridgehead atoms. The summed E-state index contributed by atoms with van der Waals surface area (Å²) in [6.07, 6.45) is 0. The second-order valence-corrected chi connectivity index (χ2v) is 6.68. The van der Waals surface area contributed by atoms with Gasteiger partial charge in [0.05, 0.1) is 0 Å². The van der Waals surface area contributed by atoms with Crippen LogP contribution in [0.5, 0.6) is 0 Å². The van der Waals surface area contributed by atoms with Crippen LogP contribution in [0.2, 0.25) is 13.6 Å². The first-order valence-corrected chi connectivity index (χ1v) is 8.22. The van der Waals surface area contributed by atoms with Gasteiger partial charge < -0.3 is 0 Å². The Morgan fingerprint density at radius 2 is 1.65 bits per heavy atom. The second-order valence-electron chi connectivity index (χ2n) is 5.22. The summed E-state index contributed by atoms with van der Waals surface area (Å²) in [5.41, 5.74) is 2.55. The summed E-state index contributed by atoms with van der Waals surface area (Å²) < 4.78 is 26.0. The zero-order valence-corrected chi connectivity index (χ0v) is 12.6. The van der Waals surface area contributed by atoms with E-state index in [-0.39, 0.29) is 12.5 Å². The Hall–Kier alpha value is -1.42. The number of benzene rings is 2. The zero-order chi connectivity index (χ0) is 14.5. The largest absolute Gasteiger partial charge is 0.259 e. The summed E-state index contributed by atoms with van der Waals surface area (Å²) in [4.78, 5) is 0. The highest BCUT2D eigenvalue weighted by molar-refractivity contribution is 7.83. The van der Waals surface area contributed by atoms with E-state index >= 15 is 0 Å². The molecule has 0 aromatic heterocycles. The number of rotatable bonds is 5. The normalized spacial score (nSPS) is 12.2. The summed E-state index contributed by atoms with van der Waals surface area (Å²) in [6.45, 7) is 4.09. The maximum atomic E-state index is 13.9. The summed E-state index contributed by atoms with van der Waals surface area (Å²) >= 11 is 0. The molecule has 0 aliphatic rings. The van der Waals surface area contributed by atoms with E-state index in [1.165, 1.54) is 6.07 Å². The first-order chi connectivity index (χ1) is 9.56. The van der Waals surface area contributed by atoms with Crippen LogP contribution in [0.1, 0.15) is 11.1 Å². The predicted molar refractivity (Wildman–Crippen MR) is 85.5 cm³/mol. The molecular formula is C16H18BFOS. The van der Waals surface area contributed by atoms with Gasteiger partial charge in [0.25, 0.3) is 0 Å². The van der Waals surface area contributed by atoms with Gasteiger partial charge in [-0.15, -0.1) is 0 Å². The van der Waals surface area contributed by atoms with E-state index in [1.54, 1.807) is 6.07 Å². The topological polar surface area (TPSA) is 17.1 Å². The summed E-state index contributed by atoms with van der Waals surface area (Å²) in [6, 6.07) is 14.9. The highest BCUT2D eigenvalue weighted by Crippen LogP contribution is 2.10. The van der Waals surface area contributed by atoms with Crippen LogP contribution in [0.15, 0.2) is 48.5 Å². The minimum absolute atomic E-state index is 0.166. The van der Waals surface area contributed by atoms with Gasteiger partial charge in [-0.1, -0.05) is 56.1 Å². The quantitative estimate of drug-likeness (QED) is 0.772. The third-order valence-electron chi connectivity index (χ3n) is 3.19. The van der Waals surface area contributed by atoms with Crippen LogP contribution >= 0.6 is 0 Å². The molecule has 0 aliphatic heterocycles. The Morgan fingerprint density at radius 3 is 2.25 bits per heavy atom. The SMILES string of the molecule is CB(C)c1ccc(CS(=O)Cc2ccccc2)cc1F. The third kappa shape index (κ3) is 4.04. The molecule has 0 heterocycles. The first-order valence-electron chi connectivity index (χ1n) is 6.73. The molecule has 0 spiro atoms. The Balaban J connectivity index is 2.03. The van der Waals surface area contributed by atoms with E-state index < -0.39 is 10.8 Å². The van der Waals surface area contributed by atoms with Crippen molar-refractivity contribution in [3.05, 3.63) is 65.5 Å². The molecule has 1 atom stereocenters. The minimum Gasteiger partial charge on any atom is -0.259 e. The van der Waals surface area contributed by atoms with Gasteiger partial charge in [0.15, 0.2) is 6.71 Å². The van der Waals surface area contributed by atoms with Gasteiger partial charge in [-0.3, -0.25) is 4.21 Å². The van der Waals surface area contributed by atoms with Gasteiger partial charge in [0.2, 0.25) is 0 Å². The summed E-state index contributed by atoms with van der Waals surface area (Å²) in [7, 11) is -1.01. The molecule has 20 heavy (non-hydrogen) atoms. The molecule has 0 N–H and O–H groups in total. The lowest BCUT2D eigenvalue weighted by molar-refractivity contribution is 0.634. The highest BCUT2D eigenvalue weighted by Gasteiger charge is 2.11. The third-order valence-corrected chi connectivity index (χ3v) is 4.50. The molecule has 0 radical (unpaired) electrons. The van der Waals surface area contributed by atoms with Gasteiger partial charge in [-0.25, -0.2) is 4.39 Å². The van der Waals surface area contributed by atoms with Crippen LogP contribution in [0.25, 0.3) is 0 Å². The molecule has 4 heteroatoms. The van der Waals surface area contributed by atoms with E-state index in [0.717, 1.165) is 11.1 Å². The number of hydrogen-bond donors (Lipinski definition) is 0. The van der Waals surface area contributed by atoms with Crippen molar-refractivity contribution in [2.24, 2.45) is 0 Å². The van der Waals surface area contributed by atoms with Crippen LogP contribution in [-0.4, -0.2) is 10.9 Å². The van der Waals surface area contributed by atoms with Gasteiger partial charge in [-0.2, -0.15) is 0 Å². The van der Waals surface area contributed by atoms with Crippen LogP contribution in [-0.2, 0) is 22.3 Å². The van der Waals surface area contributed by atoms with Crippen molar-refractivity contribution in [1.82, 2.24) is 0 Å². The first kappa shape index (κ1) is 15.0. The minimum atomic E-state index is -1.01. The van der Waals surface area contributed by atoms with Gasteiger partial charge in [-0.05, 0) is 22.7 Å². The summed E-state index contributed by atoms with van der Waals surface area (Å²) in [5.74, 6) is 0.702. The molecule has 1 unspecified atom stereocenters. The van der Waals surface area contributed by atoms with Crippen LogP contribution < -0.4 is 5.46 Å². The fourth-order valence-electron chi connectivity index (χ4n) is 2.13. The molecule has 104 valence electrons. The maximum Gasteiger partial charge on any atom is 0.173 e. The molecule has 2 rings (SSSR count). The Bertz CT molecular complexity index is 599. The van der Waals surface area contributed by atoms with Crippen molar-refractivity contribution < 1.29 is 8.60 Å². The van der Waals surface area contributed by atoms with Crippen molar-refractivity contribution in [1.29, 1.82) is 0 Å². The molecule has 0 saturated carbocycles. The molecule has 0 amide bonds. The van der Waals surface area contributed by atoms with Crippen LogP contribution in [0.3, 0.4) is 0 Å². The van der Waals surface area contributed by atoms with Gasteiger partial charge >= 0.3 is 0 Å². The van der Waals surface area contributed by atoms with Crippen molar-refractivity contribution >= 4 is 23.0 Å². The van der Waals surface area contributed by atoms with Crippen molar-refractivity contribution in [2.75, 3.05) is 0 Å². The summed E-state index contributed by atoms with van der Waals surface area (Å²) in [5, 5.41) is 0. The van der Waals surface area contributed by atoms with Crippen molar-refractivity contribution in [3.8, 4) is 0 Å². The average Bonchev–Trinajstić information content (AvgIpc) is 2.39. The van der Waals surface area contributed by atoms with Crippen molar-refractivity contribution in [2.45, 2.75) is 25.2 Å². The smallest absolute Gasteiger partial charge is 0.173 e.